The number of esters is 1. The molecular formula is C26H18BrClN2O4. The molecule has 4 aromatic carbocycles. The van der Waals surface area contributed by atoms with Gasteiger partial charge in [-0.05, 0) is 65.4 Å². The van der Waals surface area contributed by atoms with Gasteiger partial charge in [0, 0.05) is 15.1 Å². The highest BCUT2D eigenvalue weighted by Gasteiger charge is 2.12. The summed E-state index contributed by atoms with van der Waals surface area (Å²) in [7, 11) is 0. The Labute approximate surface area is 209 Å². The lowest BCUT2D eigenvalue weighted by molar-refractivity contribution is -0.123. The normalized spacial score (nSPS) is 10.9. The molecule has 1 N–H and O–H groups in total. The third-order valence-corrected chi connectivity index (χ3v) is 5.48. The summed E-state index contributed by atoms with van der Waals surface area (Å²) < 4.78 is 11.8. The smallest absolute Gasteiger partial charge is 0.343 e. The lowest BCUT2D eigenvalue weighted by atomic mass is 10.1. The number of hydrogen-bond donors (Lipinski definition) is 1. The number of fused-ring (bicyclic) bond motifs is 1. The van der Waals surface area contributed by atoms with E-state index < -0.39 is 11.9 Å². The molecule has 170 valence electrons. The van der Waals surface area contributed by atoms with Crippen LogP contribution in [0.3, 0.4) is 0 Å². The van der Waals surface area contributed by atoms with Gasteiger partial charge in [0.25, 0.3) is 5.91 Å². The number of benzene rings is 4. The van der Waals surface area contributed by atoms with Crippen LogP contribution in [0, 0.1) is 0 Å². The Hall–Kier alpha value is -3.68. The van der Waals surface area contributed by atoms with Gasteiger partial charge in [0.1, 0.15) is 11.5 Å². The topological polar surface area (TPSA) is 77.0 Å². The summed E-state index contributed by atoms with van der Waals surface area (Å²) in [5.41, 5.74) is 3.26. The summed E-state index contributed by atoms with van der Waals surface area (Å²) in [6.45, 7) is -0.202. The summed E-state index contributed by atoms with van der Waals surface area (Å²) in [6.07, 6.45) is 1.39. The quantitative estimate of drug-likeness (QED) is 0.136. The number of nitrogens with one attached hydrogen (secondary N) is 1. The molecule has 0 aliphatic rings. The predicted octanol–water partition coefficient (Wildman–Crippen LogP) is 6.00. The number of carbonyl (C=O) groups is 2. The van der Waals surface area contributed by atoms with Gasteiger partial charge in [0.15, 0.2) is 6.61 Å². The lowest BCUT2D eigenvalue weighted by Crippen LogP contribution is -2.24. The molecule has 0 saturated heterocycles. The van der Waals surface area contributed by atoms with Gasteiger partial charge in [0.2, 0.25) is 0 Å². The number of nitrogens with zero attached hydrogens (tertiary/aromatic N) is 1. The summed E-state index contributed by atoms with van der Waals surface area (Å²) in [4.78, 5) is 24.6. The SMILES string of the molecule is O=C(COc1ccc2ccccc2c1)N/N=C\c1cc(Br)ccc1OC(=O)c1ccc(Cl)cc1. The first-order chi connectivity index (χ1) is 16.5. The molecule has 0 heterocycles. The molecule has 0 fully saturated rings. The number of hydrazone groups is 1. The van der Waals surface area contributed by atoms with E-state index in [2.05, 4.69) is 26.5 Å². The van der Waals surface area contributed by atoms with Crippen LogP contribution in [0.1, 0.15) is 15.9 Å². The monoisotopic (exact) mass is 536 g/mol. The Bertz CT molecular complexity index is 1370. The first-order valence-corrected chi connectivity index (χ1v) is 11.4. The minimum absolute atomic E-state index is 0.202. The Morgan fingerprint density at radius 3 is 2.50 bits per heavy atom. The fourth-order valence-electron chi connectivity index (χ4n) is 3.07. The number of ether oxygens (including phenoxy) is 2. The molecule has 0 radical (unpaired) electrons. The van der Waals surface area contributed by atoms with Crippen molar-refractivity contribution in [2.45, 2.75) is 0 Å². The average molecular weight is 538 g/mol. The van der Waals surface area contributed by atoms with Gasteiger partial charge in [0.05, 0.1) is 11.8 Å². The molecule has 0 spiro atoms. The summed E-state index contributed by atoms with van der Waals surface area (Å²) in [6, 6.07) is 24.9. The fraction of sp³-hybridized carbons (Fsp3) is 0.0385. The van der Waals surface area contributed by atoms with E-state index in [1.807, 2.05) is 42.5 Å². The van der Waals surface area contributed by atoms with E-state index in [1.165, 1.54) is 6.21 Å². The van der Waals surface area contributed by atoms with Crippen molar-refractivity contribution in [3.63, 3.8) is 0 Å². The zero-order valence-electron chi connectivity index (χ0n) is 17.7. The fourth-order valence-corrected chi connectivity index (χ4v) is 3.57. The van der Waals surface area contributed by atoms with Crippen molar-refractivity contribution >= 4 is 56.4 Å². The standard InChI is InChI=1S/C26H18BrClN2O4/c27-21-8-12-24(34-26(32)18-5-9-22(28)10-6-18)20(13-21)15-29-30-25(31)16-33-23-11-7-17-3-1-2-4-19(17)14-23/h1-15H,16H2,(H,30,31)/b29-15-. The van der Waals surface area contributed by atoms with Crippen molar-refractivity contribution in [1.29, 1.82) is 0 Å². The van der Waals surface area contributed by atoms with Gasteiger partial charge < -0.3 is 9.47 Å². The Morgan fingerprint density at radius 1 is 0.941 bits per heavy atom. The molecule has 34 heavy (non-hydrogen) atoms. The number of rotatable bonds is 7. The molecule has 0 unspecified atom stereocenters. The van der Waals surface area contributed by atoms with Crippen LogP contribution in [0.25, 0.3) is 10.8 Å². The van der Waals surface area contributed by atoms with E-state index in [9.17, 15) is 9.59 Å². The van der Waals surface area contributed by atoms with Crippen LogP contribution in [-0.2, 0) is 4.79 Å². The highest BCUT2D eigenvalue weighted by molar-refractivity contribution is 9.10. The van der Waals surface area contributed by atoms with Crippen molar-refractivity contribution in [1.82, 2.24) is 5.43 Å². The highest BCUT2D eigenvalue weighted by Crippen LogP contribution is 2.23. The van der Waals surface area contributed by atoms with Crippen molar-refractivity contribution in [3.8, 4) is 11.5 Å². The van der Waals surface area contributed by atoms with E-state index >= 15 is 0 Å². The number of carbonyl (C=O) groups excluding carboxylic acids is 2. The average Bonchev–Trinajstić information content (AvgIpc) is 2.84. The highest BCUT2D eigenvalue weighted by atomic mass is 79.9. The van der Waals surface area contributed by atoms with Crippen LogP contribution in [0.15, 0.2) is 94.5 Å². The van der Waals surface area contributed by atoms with Gasteiger partial charge in [-0.1, -0.05) is 57.9 Å². The van der Waals surface area contributed by atoms with Crippen molar-refractivity contribution in [2.75, 3.05) is 6.61 Å². The molecular weight excluding hydrogens is 520 g/mol. The molecule has 8 heteroatoms. The zero-order valence-corrected chi connectivity index (χ0v) is 20.0. The second kappa shape index (κ2) is 11.0. The second-order valence-corrected chi connectivity index (χ2v) is 8.52. The van der Waals surface area contributed by atoms with Gasteiger partial charge in [-0.3, -0.25) is 4.79 Å². The summed E-state index contributed by atoms with van der Waals surface area (Å²) >= 11 is 9.24. The minimum atomic E-state index is -0.540. The third-order valence-electron chi connectivity index (χ3n) is 4.74. The van der Waals surface area contributed by atoms with Crippen LogP contribution in [0.2, 0.25) is 5.02 Å². The Morgan fingerprint density at radius 2 is 1.71 bits per heavy atom. The number of hydrogen-bond acceptors (Lipinski definition) is 5. The third kappa shape index (κ3) is 6.21. The molecule has 0 atom stereocenters. The lowest BCUT2D eigenvalue weighted by Gasteiger charge is -2.08. The molecule has 6 nitrogen and oxygen atoms in total. The van der Waals surface area contributed by atoms with Gasteiger partial charge in [-0.15, -0.1) is 0 Å². The van der Waals surface area contributed by atoms with E-state index in [1.54, 1.807) is 42.5 Å². The Kier molecular flexibility index (Phi) is 7.57. The van der Waals surface area contributed by atoms with Crippen LogP contribution in [0.5, 0.6) is 11.5 Å². The molecule has 4 rings (SSSR count). The minimum Gasteiger partial charge on any atom is -0.484 e. The molecule has 4 aromatic rings. The van der Waals surface area contributed by atoms with E-state index in [4.69, 9.17) is 21.1 Å². The van der Waals surface area contributed by atoms with Gasteiger partial charge in [-0.25, -0.2) is 10.2 Å². The molecule has 0 bridgehead atoms. The summed E-state index contributed by atoms with van der Waals surface area (Å²) in [5.74, 6) is -0.102. The number of amides is 1. The van der Waals surface area contributed by atoms with E-state index in [0.29, 0.717) is 21.9 Å². The van der Waals surface area contributed by atoms with E-state index in [-0.39, 0.29) is 12.4 Å². The molecule has 1 amide bonds. The van der Waals surface area contributed by atoms with Crippen LogP contribution in [-0.4, -0.2) is 24.7 Å². The zero-order chi connectivity index (χ0) is 23.9. The molecule has 0 aromatic heterocycles. The van der Waals surface area contributed by atoms with Crippen LogP contribution in [0.4, 0.5) is 0 Å². The maximum atomic E-state index is 12.4. The van der Waals surface area contributed by atoms with Gasteiger partial charge >= 0.3 is 5.97 Å². The maximum absolute atomic E-state index is 12.4. The molecule has 0 aliphatic heterocycles. The molecule has 0 aliphatic carbocycles. The summed E-state index contributed by atoms with van der Waals surface area (Å²) in [5, 5.41) is 6.60. The van der Waals surface area contributed by atoms with Crippen molar-refractivity contribution < 1.29 is 19.1 Å². The first-order valence-electron chi connectivity index (χ1n) is 10.2. The maximum Gasteiger partial charge on any atom is 0.343 e. The van der Waals surface area contributed by atoms with Crippen LogP contribution < -0.4 is 14.9 Å². The predicted molar refractivity (Wildman–Crippen MR) is 136 cm³/mol. The van der Waals surface area contributed by atoms with E-state index in [0.717, 1.165) is 15.2 Å². The van der Waals surface area contributed by atoms with Crippen molar-refractivity contribution in [2.24, 2.45) is 5.10 Å². The number of halogens is 2. The van der Waals surface area contributed by atoms with Crippen LogP contribution >= 0.6 is 27.5 Å². The van der Waals surface area contributed by atoms with Crippen molar-refractivity contribution in [3.05, 3.63) is 106 Å². The van der Waals surface area contributed by atoms with Gasteiger partial charge in [-0.2, -0.15) is 5.10 Å². The second-order valence-electron chi connectivity index (χ2n) is 7.17. The first kappa shape index (κ1) is 23.5. The Balaban J connectivity index is 1.36. The molecule has 0 saturated carbocycles. The largest absolute Gasteiger partial charge is 0.484 e.